The van der Waals surface area contributed by atoms with E-state index in [0.29, 0.717) is 26.2 Å². The minimum atomic E-state index is -1.22. The smallest absolute Gasteiger partial charge is 0.289 e. The molecular weight excluding hydrogens is 370 g/mol. The number of hydrogen-bond acceptors (Lipinski definition) is 4. The molecule has 7 heteroatoms. The molecule has 0 radical (unpaired) electrons. The van der Waals surface area contributed by atoms with Crippen LogP contribution in [-0.2, 0) is 9.59 Å². The van der Waals surface area contributed by atoms with Crippen molar-refractivity contribution in [3.63, 3.8) is 0 Å². The number of nitrogens with one attached hydrogen (secondary N) is 1. The van der Waals surface area contributed by atoms with E-state index in [1.165, 1.54) is 6.26 Å². The topological polar surface area (TPSA) is 82.9 Å². The molecule has 0 bridgehead atoms. The maximum absolute atomic E-state index is 13.1. The van der Waals surface area contributed by atoms with E-state index in [9.17, 15) is 14.4 Å². The van der Waals surface area contributed by atoms with Crippen LogP contribution < -0.4 is 5.32 Å². The molecule has 0 aliphatic carbocycles. The largest absolute Gasteiger partial charge is 0.459 e. The molecule has 1 aliphatic heterocycles. The van der Waals surface area contributed by atoms with Gasteiger partial charge in [-0.3, -0.25) is 14.4 Å². The summed E-state index contributed by atoms with van der Waals surface area (Å²) in [5, 5.41) is 2.92. The van der Waals surface area contributed by atoms with Crippen molar-refractivity contribution in [1.29, 1.82) is 0 Å². The van der Waals surface area contributed by atoms with E-state index >= 15 is 0 Å². The Morgan fingerprint density at radius 1 is 0.931 bits per heavy atom. The number of piperazine rings is 1. The quantitative estimate of drug-likeness (QED) is 0.804. The molecule has 2 aromatic rings. The van der Waals surface area contributed by atoms with Crippen LogP contribution in [0.5, 0.6) is 0 Å². The Balaban J connectivity index is 1.63. The molecule has 3 rings (SSSR count). The molecule has 0 unspecified atom stereocenters. The number of carbonyl (C=O) groups is 3. The lowest BCUT2D eigenvalue weighted by Crippen LogP contribution is -2.55. The van der Waals surface area contributed by atoms with E-state index in [0.717, 1.165) is 16.8 Å². The standard InChI is InChI=1S/C22H27N3O4/c1-15-7-5-8-16(2)18(15)23-20(27)22(3,4)21(28)25-12-10-24(11-13-25)19(26)17-9-6-14-29-17/h5-9,14H,10-13H2,1-4H3,(H,23,27). The summed E-state index contributed by atoms with van der Waals surface area (Å²) >= 11 is 0. The summed E-state index contributed by atoms with van der Waals surface area (Å²) in [6.07, 6.45) is 1.46. The first-order chi connectivity index (χ1) is 13.7. The summed E-state index contributed by atoms with van der Waals surface area (Å²) in [4.78, 5) is 41.7. The van der Waals surface area contributed by atoms with Crippen LogP contribution in [0.2, 0.25) is 0 Å². The maximum atomic E-state index is 13.1. The Bertz CT molecular complexity index is 890. The SMILES string of the molecule is Cc1cccc(C)c1NC(=O)C(C)(C)C(=O)N1CCN(C(=O)c2ccco2)CC1. The Kier molecular flexibility index (Phi) is 5.77. The van der Waals surface area contributed by atoms with E-state index < -0.39 is 5.41 Å². The van der Waals surface area contributed by atoms with Crippen molar-refractivity contribution in [2.45, 2.75) is 27.7 Å². The Hall–Kier alpha value is -3.09. The second-order valence-corrected chi connectivity index (χ2v) is 7.91. The van der Waals surface area contributed by atoms with Gasteiger partial charge in [0.15, 0.2) is 5.76 Å². The highest BCUT2D eigenvalue weighted by Crippen LogP contribution is 2.26. The molecule has 0 spiro atoms. The molecule has 1 saturated heterocycles. The van der Waals surface area contributed by atoms with Crippen LogP contribution in [0, 0.1) is 19.3 Å². The molecule has 0 saturated carbocycles. The lowest BCUT2D eigenvalue weighted by atomic mass is 9.89. The molecule has 1 fully saturated rings. The van der Waals surface area contributed by atoms with Gasteiger partial charge in [0.1, 0.15) is 5.41 Å². The van der Waals surface area contributed by atoms with Crippen LogP contribution >= 0.6 is 0 Å². The van der Waals surface area contributed by atoms with Crippen LogP contribution in [0.15, 0.2) is 41.0 Å². The molecule has 1 N–H and O–H groups in total. The number of rotatable bonds is 4. The molecular formula is C22H27N3O4. The van der Waals surface area contributed by atoms with Gasteiger partial charge in [-0.05, 0) is 51.0 Å². The summed E-state index contributed by atoms with van der Waals surface area (Å²) in [5.74, 6) is -0.479. The normalized spacial score (nSPS) is 14.6. The summed E-state index contributed by atoms with van der Waals surface area (Å²) < 4.78 is 5.16. The van der Waals surface area contributed by atoms with Crippen molar-refractivity contribution in [3.8, 4) is 0 Å². The zero-order valence-electron chi connectivity index (χ0n) is 17.3. The average molecular weight is 397 g/mol. The van der Waals surface area contributed by atoms with Gasteiger partial charge in [-0.15, -0.1) is 0 Å². The third kappa shape index (κ3) is 4.18. The molecule has 1 aliphatic rings. The Morgan fingerprint density at radius 2 is 1.52 bits per heavy atom. The van der Waals surface area contributed by atoms with Crippen molar-refractivity contribution >= 4 is 23.4 Å². The fourth-order valence-corrected chi connectivity index (χ4v) is 3.44. The van der Waals surface area contributed by atoms with Crippen LogP contribution in [-0.4, -0.2) is 53.7 Å². The fourth-order valence-electron chi connectivity index (χ4n) is 3.44. The minimum absolute atomic E-state index is 0.186. The number of para-hydroxylation sites is 1. The Labute approximate surface area is 170 Å². The fraction of sp³-hybridized carbons (Fsp3) is 0.409. The number of furan rings is 1. The van der Waals surface area contributed by atoms with Gasteiger partial charge in [-0.1, -0.05) is 18.2 Å². The van der Waals surface area contributed by atoms with Gasteiger partial charge in [-0.25, -0.2) is 0 Å². The first-order valence-electron chi connectivity index (χ1n) is 9.71. The second-order valence-electron chi connectivity index (χ2n) is 7.91. The number of amides is 3. The number of carbonyl (C=O) groups excluding carboxylic acids is 3. The van der Waals surface area contributed by atoms with Gasteiger partial charge in [0.2, 0.25) is 11.8 Å². The van der Waals surface area contributed by atoms with E-state index in [-0.39, 0.29) is 23.5 Å². The van der Waals surface area contributed by atoms with Crippen LogP contribution in [0.1, 0.15) is 35.5 Å². The van der Waals surface area contributed by atoms with E-state index in [4.69, 9.17) is 4.42 Å². The Morgan fingerprint density at radius 3 is 2.07 bits per heavy atom. The van der Waals surface area contributed by atoms with Crippen LogP contribution in [0.3, 0.4) is 0 Å². The zero-order valence-corrected chi connectivity index (χ0v) is 17.3. The number of anilines is 1. The van der Waals surface area contributed by atoms with Crippen molar-refractivity contribution in [1.82, 2.24) is 9.80 Å². The first-order valence-corrected chi connectivity index (χ1v) is 9.71. The van der Waals surface area contributed by atoms with Crippen LogP contribution in [0.25, 0.3) is 0 Å². The lowest BCUT2D eigenvalue weighted by Gasteiger charge is -2.37. The summed E-state index contributed by atoms with van der Waals surface area (Å²) in [6, 6.07) is 9.07. The third-order valence-electron chi connectivity index (χ3n) is 5.41. The first kappa shape index (κ1) is 20.6. The molecule has 7 nitrogen and oxygen atoms in total. The number of benzene rings is 1. The number of hydrogen-bond donors (Lipinski definition) is 1. The highest BCUT2D eigenvalue weighted by atomic mass is 16.3. The monoisotopic (exact) mass is 397 g/mol. The average Bonchev–Trinajstić information content (AvgIpc) is 3.24. The van der Waals surface area contributed by atoms with E-state index in [1.54, 1.807) is 35.8 Å². The van der Waals surface area contributed by atoms with Crippen molar-refractivity contribution < 1.29 is 18.8 Å². The molecule has 154 valence electrons. The molecule has 29 heavy (non-hydrogen) atoms. The van der Waals surface area contributed by atoms with E-state index in [1.807, 2.05) is 32.0 Å². The van der Waals surface area contributed by atoms with E-state index in [2.05, 4.69) is 5.32 Å². The number of aryl methyl sites for hydroxylation is 2. The van der Waals surface area contributed by atoms with Crippen molar-refractivity contribution in [3.05, 3.63) is 53.5 Å². The zero-order chi connectivity index (χ0) is 21.2. The summed E-state index contributed by atoms with van der Waals surface area (Å²) in [7, 11) is 0. The minimum Gasteiger partial charge on any atom is -0.459 e. The highest BCUT2D eigenvalue weighted by molar-refractivity contribution is 6.10. The summed E-state index contributed by atoms with van der Waals surface area (Å²) in [5.41, 5.74) is 1.42. The van der Waals surface area contributed by atoms with Crippen molar-refractivity contribution in [2.24, 2.45) is 5.41 Å². The molecule has 3 amide bonds. The molecule has 1 aromatic heterocycles. The van der Waals surface area contributed by atoms with Gasteiger partial charge in [-0.2, -0.15) is 0 Å². The number of nitrogens with zero attached hydrogens (tertiary/aromatic N) is 2. The summed E-state index contributed by atoms with van der Waals surface area (Å²) in [6.45, 7) is 8.69. The van der Waals surface area contributed by atoms with Gasteiger partial charge in [0.25, 0.3) is 5.91 Å². The predicted molar refractivity (Wildman–Crippen MR) is 110 cm³/mol. The van der Waals surface area contributed by atoms with Gasteiger partial charge in [0, 0.05) is 31.9 Å². The van der Waals surface area contributed by atoms with Gasteiger partial charge >= 0.3 is 0 Å². The van der Waals surface area contributed by atoms with Crippen molar-refractivity contribution in [2.75, 3.05) is 31.5 Å². The predicted octanol–water partition coefficient (Wildman–Crippen LogP) is 2.85. The van der Waals surface area contributed by atoms with Crippen LogP contribution in [0.4, 0.5) is 5.69 Å². The lowest BCUT2D eigenvalue weighted by molar-refractivity contribution is -0.147. The third-order valence-corrected chi connectivity index (χ3v) is 5.41. The second kappa shape index (κ2) is 8.11. The molecule has 1 aromatic carbocycles. The molecule has 2 heterocycles. The highest BCUT2D eigenvalue weighted by Gasteiger charge is 2.40. The van der Waals surface area contributed by atoms with Gasteiger partial charge < -0.3 is 19.5 Å². The molecule has 0 atom stereocenters. The van der Waals surface area contributed by atoms with Gasteiger partial charge in [0.05, 0.1) is 6.26 Å². The maximum Gasteiger partial charge on any atom is 0.289 e.